The predicted octanol–water partition coefficient (Wildman–Crippen LogP) is 2.86. The molecular formula is C12H14O2. The summed E-state index contributed by atoms with van der Waals surface area (Å²) in [7, 11) is 0. The van der Waals surface area contributed by atoms with Gasteiger partial charge in [-0.3, -0.25) is 0 Å². The summed E-state index contributed by atoms with van der Waals surface area (Å²) in [6, 6.07) is 2.00. The Morgan fingerprint density at radius 3 is 2.50 bits per heavy atom. The molecule has 0 aliphatic heterocycles. The molecule has 0 spiro atoms. The lowest BCUT2D eigenvalue weighted by molar-refractivity contribution is -0.139. The van der Waals surface area contributed by atoms with Gasteiger partial charge in [0.1, 0.15) is 0 Å². The lowest BCUT2D eigenvalue weighted by atomic mass is 9.66. The molecule has 0 heterocycles. The molecule has 2 nitrogen and oxygen atoms in total. The summed E-state index contributed by atoms with van der Waals surface area (Å²) in [5, 5.41) is 8.80. The van der Waals surface area contributed by atoms with E-state index in [0.29, 0.717) is 17.6 Å². The third kappa shape index (κ3) is 0.800. The zero-order chi connectivity index (χ0) is 9.87. The van der Waals surface area contributed by atoms with Gasteiger partial charge in [-0.15, -0.1) is 0 Å². The van der Waals surface area contributed by atoms with E-state index in [1.165, 1.54) is 22.3 Å². The van der Waals surface area contributed by atoms with E-state index in [-0.39, 0.29) is 0 Å². The van der Waals surface area contributed by atoms with Crippen molar-refractivity contribution in [2.45, 2.75) is 38.5 Å². The van der Waals surface area contributed by atoms with Crippen molar-refractivity contribution in [3.8, 4) is 5.75 Å². The molecule has 0 saturated heterocycles. The highest BCUT2D eigenvalue weighted by molar-refractivity contribution is 5.61. The Balaban J connectivity index is 2.21. The molecule has 0 bridgehead atoms. The van der Waals surface area contributed by atoms with E-state index < -0.39 is 0 Å². The Bertz CT molecular complexity index is 409. The maximum atomic E-state index is 8.80. The highest BCUT2D eigenvalue weighted by Gasteiger charge is 2.36. The first-order valence-electron chi connectivity index (χ1n) is 5.22. The van der Waals surface area contributed by atoms with Gasteiger partial charge in [-0.2, -0.15) is 0 Å². The molecule has 2 atom stereocenters. The molecule has 74 valence electrons. The van der Waals surface area contributed by atoms with Crippen molar-refractivity contribution in [1.29, 1.82) is 0 Å². The van der Waals surface area contributed by atoms with E-state index in [0.717, 1.165) is 12.8 Å². The lowest BCUT2D eigenvalue weighted by Crippen LogP contribution is -2.26. The van der Waals surface area contributed by atoms with Crippen LogP contribution in [-0.4, -0.2) is 5.26 Å². The molecule has 2 aliphatic rings. The molecule has 1 N–H and O–H groups in total. The van der Waals surface area contributed by atoms with Gasteiger partial charge >= 0.3 is 0 Å². The molecule has 0 aromatic heterocycles. The smallest absolute Gasteiger partial charge is 0.169 e. The first kappa shape index (κ1) is 8.30. The minimum absolute atomic E-state index is 0.547. The van der Waals surface area contributed by atoms with E-state index in [9.17, 15) is 0 Å². The Kier molecular flexibility index (Phi) is 1.49. The fourth-order valence-corrected chi connectivity index (χ4v) is 3.00. The largest absolute Gasteiger partial charge is 0.340 e. The maximum absolute atomic E-state index is 8.80. The summed E-state index contributed by atoms with van der Waals surface area (Å²) in [5.74, 6) is 1.94. The van der Waals surface area contributed by atoms with Crippen molar-refractivity contribution >= 4 is 0 Å². The Hall–Kier alpha value is -1.02. The minimum Gasteiger partial charge on any atom is -0.340 e. The normalized spacial score (nSPS) is 27.1. The first-order valence-corrected chi connectivity index (χ1v) is 5.22. The second-order valence-electron chi connectivity index (χ2n) is 4.64. The summed E-state index contributed by atoms with van der Waals surface area (Å²) in [4.78, 5) is 4.45. The van der Waals surface area contributed by atoms with Crippen LogP contribution in [-0.2, 0) is 12.8 Å². The molecule has 2 aliphatic carbocycles. The van der Waals surface area contributed by atoms with Crippen LogP contribution in [0.25, 0.3) is 0 Å². The summed E-state index contributed by atoms with van der Waals surface area (Å²) in [6.07, 6.45) is 2.28. The van der Waals surface area contributed by atoms with Crippen molar-refractivity contribution in [3.05, 3.63) is 28.3 Å². The molecule has 0 radical (unpaired) electrons. The van der Waals surface area contributed by atoms with Crippen LogP contribution in [0.3, 0.4) is 0 Å². The van der Waals surface area contributed by atoms with Gasteiger partial charge < -0.3 is 4.89 Å². The first-order chi connectivity index (χ1) is 6.72. The molecule has 0 fully saturated rings. The van der Waals surface area contributed by atoms with Crippen molar-refractivity contribution < 1.29 is 10.1 Å². The molecular weight excluding hydrogens is 176 g/mol. The molecule has 0 amide bonds. The van der Waals surface area contributed by atoms with Crippen molar-refractivity contribution in [2.24, 2.45) is 0 Å². The number of rotatable bonds is 1. The van der Waals surface area contributed by atoms with E-state index >= 15 is 0 Å². The van der Waals surface area contributed by atoms with Crippen LogP contribution in [0, 0.1) is 0 Å². The van der Waals surface area contributed by atoms with Gasteiger partial charge in [0.2, 0.25) is 0 Å². The second kappa shape index (κ2) is 2.51. The van der Waals surface area contributed by atoms with Gasteiger partial charge in [0, 0.05) is 5.56 Å². The standard InChI is InChI=1S/C12H14O2/c1-6-3-8-5-10(14-13)12-7(2)4-9(12)11(6)8/h5-7,13H,3-4H2,1-2H3. The van der Waals surface area contributed by atoms with Crippen molar-refractivity contribution in [2.75, 3.05) is 0 Å². The number of hydrogen-bond donors (Lipinski definition) is 1. The monoisotopic (exact) mass is 190 g/mol. The highest BCUT2D eigenvalue weighted by Crippen LogP contribution is 2.51. The van der Waals surface area contributed by atoms with Crippen LogP contribution in [0.2, 0.25) is 0 Å². The summed E-state index contributed by atoms with van der Waals surface area (Å²) in [6.45, 7) is 4.45. The van der Waals surface area contributed by atoms with Gasteiger partial charge in [0.25, 0.3) is 0 Å². The number of hydrogen-bond acceptors (Lipinski definition) is 2. The molecule has 2 heteroatoms. The average Bonchev–Trinajstić information content (AvgIpc) is 2.13. The van der Waals surface area contributed by atoms with Crippen LogP contribution in [0.5, 0.6) is 5.75 Å². The molecule has 0 saturated carbocycles. The van der Waals surface area contributed by atoms with E-state index in [4.69, 9.17) is 5.26 Å². The van der Waals surface area contributed by atoms with Gasteiger partial charge in [-0.1, -0.05) is 13.8 Å². The Morgan fingerprint density at radius 1 is 1.21 bits per heavy atom. The molecule has 14 heavy (non-hydrogen) atoms. The Morgan fingerprint density at radius 2 is 1.93 bits per heavy atom. The zero-order valence-electron chi connectivity index (χ0n) is 8.50. The lowest BCUT2D eigenvalue weighted by Gasteiger charge is -2.39. The summed E-state index contributed by atoms with van der Waals surface area (Å²) in [5.41, 5.74) is 5.57. The third-order valence-electron chi connectivity index (χ3n) is 3.69. The van der Waals surface area contributed by atoms with E-state index in [1.807, 2.05) is 6.07 Å². The highest BCUT2D eigenvalue weighted by atomic mass is 17.1. The van der Waals surface area contributed by atoms with Gasteiger partial charge in [-0.05, 0) is 47.4 Å². The predicted molar refractivity (Wildman–Crippen MR) is 53.9 cm³/mol. The van der Waals surface area contributed by atoms with Crippen molar-refractivity contribution in [3.63, 3.8) is 0 Å². The number of fused-ring (bicyclic) bond motifs is 3. The van der Waals surface area contributed by atoms with Gasteiger partial charge in [0.05, 0.1) is 0 Å². The van der Waals surface area contributed by atoms with Crippen LogP contribution in [0.4, 0.5) is 0 Å². The van der Waals surface area contributed by atoms with Gasteiger partial charge in [0.15, 0.2) is 5.75 Å². The molecule has 2 unspecified atom stereocenters. The maximum Gasteiger partial charge on any atom is 0.169 e. The Labute approximate surface area is 83.4 Å². The summed E-state index contributed by atoms with van der Waals surface area (Å²) < 4.78 is 0. The minimum atomic E-state index is 0.547. The van der Waals surface area contributed by atoms with Gasteiger partial charge in [-0.25, -0.2) is 5.26 Å². The number of benzene rings is 1. The van der Waals surface area contributed by atoms with E-state index in [2.05, 4.69) is 18.7 Å². The molecule has 1 aromatic rings. The fraction of sp³-hybridized carbons (Fsp3) is 0.500. The van der Waals surface area contributed by atoms with Crippen LogP contribution < -0.4 is 4.89 Å². The van der Waals surface area contributed by atoms with Crippen LogP contribution >= 0.6 is 0 Å². The molecule has 1 aromatic carbocycles. The van der Waals surface area contributed by atoms with Crippen molar-refractivity contribution in [1.82, 2.24) is 0 Å². The van der Waals surface area contributed by atoms with E-state index in [1.54, 1.807) is 0 Å². The quantitative estimate of drug-likeness (QED) is 0.545. The SMILES string of the molecule is CC1Cc2cc(OO)c3c(c21)CC3C. The fourth-order valence-electron chi connectivity index (χ4n) is 3.00. The van der Waals surface area contributed by atoms with Crippen LogP contribution in [0.15, 0.2) is 6.07 Å². The zero-order valence-corrected chi connectivity index (χ0v) is 8.50. The average molecular weight is 190 g/mol. The molecule has 3 rings (SSSR count). The summed E-state index contributed by atoms with van der Waals surface area (Å²) >= 11 is 0. The topological polar surface area (TPSA) is 29.5 Å². The second-order valence-corrected chi connectivity index (χ2v) is 4.64. The van der Waals surface area contributed by atoms with Crippen LogP contribution in [0.1, 0.15) is 47.9 Å². The third-order valence-corrected chi connectivity index (χ3v) is 3.69.